The molecule has 0 aromatic rings. The lowest BCUT2D eigenvalue weighted by atomic mass is 9.83. The molecule has 0 amide bonds. The number of ether oxygens (including phenoxy) is 2. The number of esters is 2. The minimum absolute atomic E-state index is 0.254. The molecule has 0 fully saturated rings. The van der Waals surface area contributed by atoms with Crippen LogP contribution in [-0.2, 0) is 19.1 Å². The molecule has 144 valence electrons. The van der Waals surface area contributed by atoms with Crippen LogP contribution < -0.4 is 0 Å². The third kappa shape index (κ3) is 9.08. The van der Waals surface area contributed by atoms with Crippen molar-refractivity contribution in [3.8, 4) is 0 Å². The lowest BCUT2D eigenvalue weighted by molar-refractivity contribution is -0.159. The van der Waals surface area contributed by atoms with Crippen molar-refractivity contribution in [2.24, 2.45) is 11.8 Å². The fourth-order valence-corrected chi connectivity index (χ4v) is 3.36. The van der Waals surface area contributed by atoms with Gasteiger partial charge in [-0.1, -0.05) is 76.9 Å². The molecule has 25 heavy (non-hydrogen) atoms. The molecule has 1 rings (SSSR count). The molecule has 0 spiro atoms. The van der Waals surface area contributed by atoms with Crippen LogP contribution in [0.1, 0.15) is 84.0 Å². The van der Waals surface area contributed by atoms with E-state index in [-0.39, 0.29) is 17.9 Å². The van der Waals surface area contributed by atoms with Crippen LogP contribution in [0.25, 0.3) is 0 Å². The van der Waals surface area contributed by atoms with Crippen LogP contribution in [0.4, 0.5) is 0 Å². The van der Waals surface area contributed by atoms with Crippen LogP contribution in [0, 0.1) is 11.8 Å². The highest BCUT2D eigenvalue weighted by Gasteiger charge is 2.35. The second kappa shape index (κ2) is 13.9. The lowest BCUT2D eigenvalue weighted by Crippen LogP contribution is -2.33. The predicted molar refractivity (Wildman–Crippen MR) is 100 cm³/mol. The van der Waals surface area contributed by atoms with E-state index in [1.165, 1.54) is 58.5 Å². The molecular weight excluding hydrogens is 316 g/mol. The van der Waals surface area contributed by atoms with Crippen molar-refractivity contribution in [3.05, 3.63) is 12.2 Å². The van der Waals surface area contributed by atoms with Gasteiger partial charge in [0.1, 0.15) is 0 Å². The monoisotopic (exact) mass is 352 g/mol. The zero-order valence-corrected chi connectivity index (χ0v) is 16.1. The molecule has 4 nitrogen and oxygen atoms in total. The lowest BCUT2D eigenvalue weighted by Gasteiger charge is -2.24. The molecule has 2 atom stereocenters. The Morgan fingerprint density at radius 3 is 1.80 bits per heavy atom. The summed E-state index contributed by atoms with van der Waals surface area (Å²) >= 11 is 0. The van der Waals surface area contributed by atoms with E-state index in [9.17, 15) is 9.59 Å². The second-order valence-electron chi connectivity index (χ2n) is 7.03. The predicted octanol–water partition coefficient (Wildman–Crippen LogP) is 5.21. The molecule has 1 aliphatic rings. The van der Waals surface area contributed by atoms with E-state index < -0.39 is 5.92 Å². The highest BCUT2D eigenvalue weighted by Crippen LogP contribution is 2.28. The summed E-state index contributed by atoms with van der Waals surface area (Å²) in [4.78, 5) is 24.0. The van der Waals surface area contributed by atoms with E-state index in [1.807, 2.05) is 12.2 Å². The van der Waals surface area contributed by atoms with Crippen molar-refractivity contribution in [2.75, 3.05) is 13.7 Å². The molecule has 0 aromatic carbocycles. The molecule has 0 bridgehead atoms. The number of hydrogen-bond donors (Lipinski definition) is 0. The molecular formula is C21H36O4. The number of rotatable bonds is 13. The fraction of sp³-hybridized carbons (Fsp3) is 0.810. The van der Waals surface area contributed by atoms with Gasteiger partial charge in [-0.3, -0.25) is 9.59 Å². The van der Waals surface area contributed by atoms with Gasteiger partial charge in [0.15, 0.2) is 0 Å². The zero-order chi connectivity index (χ0) is 18.3. The van der Waals surface area contributed by atoms with Gasteiger partial charge in [-0.25, -0.2) is 0 Å². The normalized spacial score (nSPS) is 19.6. The summed E-state index contributed by atoms with van der Waals surface area (Å²) in [6, 6.07) is 0. The molecule has 0 saturated carbocycles. The number of carbonyl (C=O) groups is 2. The van der Waals surface area contributed by atoms with Gasteiger partial charge in [-0.15, -0.1) is 0 Å². The highest BCUT2D eigenvalue weighted by molar-refractivity contribution is 5.82. The van der Waals surface area contributed by atoms with Crippen LogP contribution >= 0.6 is 0 Å². The quantitative estimate of drug-likeness (QED) is 0.259. The van der Waals surface area contributed by atoms with E-state index in [1.54, 1.807) is 0 Å². The van der Waals surface area contributed by atoms with Crippen LogP contribution in [-0.4, -0.2) is 25.7 Å². The SMILES string of the molecule is CCCCCCCCCCCCOC(=O)C1CC=CCC1C(=O)OC. The number of hydrogen-bond acceptors (Lipinski definition) is 4. The van der Waals surface area contributed by atoms with Crippen molar-refractivity contribution in [3.63, 3.8) is 0 Å². The maximum atomic E-state index is 12.2. The van der Waals surface area contributed by atoms with Gasteiger partial charge in [0.05, 0.1) is 25.6 Å². The first-order valence-corrected chi connectivity index (χ1v) is 10.1. The summed E-state index contributed by atoms with van der Waals surface area (Å²) in [5.74, 6) is -1.35. The molecule has 1 aliphatic carbocycles. The molecule has 0 heterocycles. The van der Waals surface area contributed by atoms with Crippen LogP contribution in [0.15, 0.2) is 12.2 Å². The zero-order valence-electron chi connectivity index (χ0n) is 16.1. The average molecular weight is 353 g/mol. The summed E-state index contributed by atoms with van der Waals surface area (Å²) in [7, 11) is 1.37. The Morgan fingerprint density at radius 1 is 0.800 bits per heavy atom. The minimum atomic E-state index is -0.393. The minimum Gasteiger partial charge on any atom is -0.469 e. The summed E-state index contributed by atoms with van der Waals surface area (Å²) in [5, 5.41) is 0. The van der Waals surface area contributed by atoms with Gasteiger partial charge in [-0.05, 0) is 19.3 Å². The van der Waals surface area contributed by atoms with Gasteiger partial charge >= 0.3 is 11.9 Å². The molecule has 0 N–H and O–H groups in total. The van der Waals surface area contributed by atoms with Crippen molar-refractivity contribution in [1.82, 2.24) is 0 Å². The highest BCUT2D eigenvalue weighted by atomic mass is 16.5. The average Bonchev–Trinajstić information content (AvgIpc) is 2.65. The van der Waals surface area contributed by atoms with Gasteiger partial charge < -0.3 is 9.47 Å². The van der Waals surface area contributed by atoms with E-state index >= 15 is 0 Å². The molecule has 2 unspecified atom stereocenters. The maximum absolute atomic E-state index is 12.2. The second-order valence-corrected chi connectivity index (χ2v) is 7.03. The van der Waals surface area contributed by atoms with Crippen molar-refractivity contribution in [1.29, 1.82) is 0 Å². The van der Waals surface area contributed by atoms with Gasteiger partial charge in [0.2, 0.25) is 0 Å². The summed E-state index contributed by atoms with van der Waals surface area (Å²) in [6.45, 7) is 2.71. The Balaban J connectivity index is 2.06. The Hall–Kier alpha value is -1.32. The van der Waals surface area contributed by atoms with Crippen molar-refractivity contribution < 1.29 is 19.1 Å². The van der Waals surface area contributed by atoms with Crippen molar-refractivity contribution >= 4 is 11.9 Å². The summed E-state index contributed by atoms with van der Waals surface area (Å²) in [6.07, 6.45) is 17.6. The van der Waals surface area contributed by atoms with Gasteiger partial charge in [-0.2, -0.15) is 0 Å². The molecule has 0 aromatic heterocycles. The number of unbranched alkanes of at least 4 members (excludes halogenated alkanes) is 9. The van der Waals surface area contributed by atoms with E-state index in [2.05, 4.69) is 6.92 Å². The molecule has 0 aliphatic heterocycles. The first-order chi connectivity index (χ1) is 12.2. The fourth-order valence-electron chi connectivity index (χ4n) is 3.36. The van der Waals surface area contributed by atoms with E-state index in [0.717, 1.165) is 12.8 Å². The van der Waals surface area contributed by atoms with Crippen LogP contribution in [0.3, 0.4) is 0 Å². The molecule has 4 heteroatoms. The molecule has 0 saturated heterocycles. The maximum Gasteiger partial charge on any atom is 0.310 e. The van der Waals surface area contributed by atoms with E-state index in [0.29, 0.717) is 19.4 Å². The van der Waals surface area contributed by atoms with Crippen LogP contribution in [0.5, 0.6) is 0 Å². The first-order valence-electron chi connectivity index (χ1n) is 10.1. The van der Waals surface area contributed by atoms with Crippen molar-refractivity contribution in [2.45, 2.75) is 84.0 Å². The Bertz CT molecular complexity index is 403. The third-order valence-electron chi connectivity index (χ3n) is 4.98. The smallest absolute Gasteiger partial charge is 0.310 e. The van der Waals surface area contributed by atoms with E-state index in [4.69, 9.17) is 9.47 Å². The first kappa shape index (κ1) is 21.7. The number of carbonyl (C=O) groups excluding carboxylic acids is 2. The Labute approximate surface area is 153 Å². The number of methoxy groups -OCH3 is 1. The molecule has 0 radical (unpaired) electrons. The largest absolute Gasteiger partial charge is 0.469 e. The Morgan fingerprint density at radius 2 is 1.28 bits per heavy atom. The summed E-state index contributed by atoms with van der Waals surface area (Å²) < 4.78 is 10.2. The summed E-state index contributed by atoms with van der Waals surface area (Å²) in [5.41, 5.74) is 0. The van der Waals surface area contributed by atoms with Gasteiger partial charge in [0, 0.05) is 0 Å². The Kier molecular flexibility index (Phi) is 12.1. The number of allylic oxidation sites excluding steroid dienone is 2. The standard InChI is InChI=1S/C21H36O4/c1-3-4-5-6-7-8-9-10-11-14-17-25-21(23)19-16-13-12-15-18(19)20(22)24-2/h12-13,18-19H,3-11,14-17H2,1-2H3. The topological polar surface area (TPSA) is 52.6 Å². The van der Waals surface area contributed by atoms with Gasteiger partial charge in [0.25, 0.3) is 0 Å². The third-order valence-corrected chi connectivity index (χ3v) is 4.98. The van der Waals surface area contributed by atoms with Crippen LogP contribution in [0.2, 0.25) is 0 Å².